The number of nitrogens with one attached hydrogen (secondary N) is 1. The van der Waals surface area contributed by atoms with Crippen LogP contribution in [0.25, 0.3) is 0 Å². The van der Waals surface area contributed by atoms with Gasteiger partial charge in [0, 0.05) is 32.2 Å². The van der Waals surface area contributed by atoms with Crippen LogP contribution in [0.1, 0.15) is 68.6 Å². The Bertz CT molecular complexity index is 1010. The highest BCUT2D eigenvalue weighted by Crippen LogP contribution is 2.54. The number of benzene rings is 1. The monoisotopic (exact) mass is 501 g/mol. The highest BCUT2D eigenvalue weighted by atomic mass is 19.1. The van der Waals surface area contributed by atoms with Crippen molar-refractivity contribution in [3.05, 3.63) is 29.6 Å². The van der Waals surface area contributed by atoms with Crippen LogP contribution in [0.3, 0.4) is 0 Å². The fourth-order valence-electron chi connectivity index (χ4n) is 5.80. The van der Waals surface area contributed by atoms with Crippen LogP contribution in [0, 0.1) is 17.2 Å². The predicted octanol–water partition coefficient (Wildman–Crippen LogP) is 3.74. The second kappa shape index (κ2) is 9.90. The van der Waals surface area contributed by atoms with Gasteiger partial charge in [-0.3, -0.25) is 9.59 Å². The Balaban J connectivity index is 0.993. The van der Waals surface area contributed by atoms with Crippen molar-refractivity contribution < 1.29 is 28.2 Å². The molecular weight excluding hydrogens is 465 g/mol. The van der Waals surface area contributed by atoms with Crippen LogP contribution in [-0.2, 0) is 9.53 Å². The molecule has 4 fully saturated rings. The number of rotatable bonds is 7. The van der Waals surface area contributed by atoms with Crippen molar-refractivity contribution in [2.75, 3.05) is 39.3 Å². The summed E-state index contributed by atoms with van der Waals surface area (Å²) in [6, 6.07) is 4.29. The molecule has 0 aromatic heterocycles. The van der Waals surface area contributed by atoms with Gasteiger partial charge in [0.15, 0.2) is 0 Å². The maximum Gasteiger partial charge on any atom is 0.410 e. The first-order valence-electron chi connectivity index (χ1n) is 13.2. The Kier molecular flexibility index (Phi) is 6.83. The van der Waals surface area contributed by atoms with E-state index in [-0.39, 0.29) is 29.7 Å². The van der Waals surface area contributed by atoms with Crippen LogP contribution in [0.4, 0.5) is 9.18 Å². The maximum atomic E-state index is 14.6. The molecule has 1 aromatic carbocycles. The molecule has 2 heterocycles. The van der Waals surface area contributed by atoms with Gasteiger partial charge in [0.25, 0.3) is 5.91 Å². The average molecular weight is 502 g/mol. The van der Waals surface area contributed by atoms with Crippen LogP contribution >= 0.6 is 0 Å². The van der Waals surface area contributed by atoms with E-state index in [1.54, 1.807) is 6.07 Å². The van der Waals surface area contributed by atoms with Gasteiger partial charge in [-0.1, -0.05) is 0 Å². The molecule has 36 heavy (non-hydrogen) atoms. The molecule has 3 amide bonds. The third-order valence-electron chi connectivity index (χ3n) is 8.34. The standard InChI is InChI=1S/C27H36FN3O5/c1-26(6-7-26)36-25(34)30-11-8-27(9-12-30)16-19(17-27)3-2-14-35-20-4-5-21(22(28)15-20)24(33)31-13-10-29-23(32)18-31/h4-5,15,19H,2-3,6-14,16-18H2,1H3,(H,29,32). The van der Waals surface area contributed by atoms with Gasteiger partial charge in [-0.15, -0.1) is 0 Å². The Hall–Kier alpha value is -2.84. The number of piperazine rings is 1. The topological polar surface area (TPSA) is 88.2 Å². The smallest absolute Gasteiger partial charge is 0.410 e. The first-order valence-corrected chi connectivity index (χ1v) is 13.2. The summed E-state index contributed by atoms with van der Waals surface area (Å²) in [6.07, 6.45) is 8.28. The third-order valence-corrected chi connectivity index (χ3v) is 8.34. The van der Waals surface area contributed by atoms with Crippen LogP contribution in [0.15, 0.2) is 18.2 Å². The van der Waals surface area contributed by atoms with Crippen molar-refractivity contribution in [3.8, 4) is 5.75 Å². The second-order valence-electron chi connectivity index (χ2n) is 11.3. The molecule has 4 aliphatic rings. The summed E-state index contributed by atoms with van der Waals surface area (Å²) >= 11 is 0. The summed E-state index contributed by atoms with van der Waals surface area (Å²) in [4.78, 5) is 39.6. The van der Waals surface area contributed by atoms with Crippen LogP contribution < -0.4 is 10.1 Å². The minimum atomic E-state index is -0.633. The minimum absolute atomic E-state index is 0.0436. The lowest BCUT2D eigenvalue weighted by Crippen LogP contribution is -2.50. The van der Waals surface area contributed by atoms with E-state index in [0.717, 1.165) is 51.6 Å². The molecule has 0 unspecified atom stereocenters. The van der Waals surface area contributed by atoms with E-state index in [4.69, 9.17) is 9.47 Å². The van der Waals surface area contributed by atoms with Crippen LogP contribution in [0.2, 0.25) is 0 Å². The van der Waals surface area contributed by atoms with Crippen molar-refractivity contribution in [2.45, 2.75) is 63.9 Å². The SMILES string of the molecule is CC1(OC(=O)N2CCC3(CC2)CC(CCCOc2ccc(C(=O)N4CCNC(=O)C4)c(F)c2)C3)CC1. The fourth-order valence-corrected chi connectivity index (χ4v) is 5.80. The number of ether oxygens (including phenoxy) is 2. The number of likely N-dealkylation sites (tertiary alicyclic amines) is 1. The van der Waals surface area contributed by atoms with Crippen molar-refractivity contribution in [3.63, 3.8) is 0 Å². The molecule has 2 aliphatic carbocycles. The van der Waals surface area contributed by atoms with Crippen molar-refractivity contribution in [1.82, 2.24) is 15.1 Å². The largest absolute Gasteiger partial charge is 0.493 e. The molecule has 9 heteroatoms. The van der Waals surface area contributed by atoms with Crippen molar-refractivity contribution in [2.24, 2.45) is 11.3 Å². The summed E-state index contributed by atoms with van der Waals surface area (Å²) in [5, 5.41) is 2.65. The van der Waals surface area contributed by atoms with Gasteiger partial charge in [-0.2, -0.15) is 0 Å². The first kappa shape index (κ1) is 24.8. The number of hydrogen-bond acceptors (Lipinski definition) is 5. The minimum Gasteiger partial charge on any atom is -0.493 e. The molecule has 1 N–H and O–H groups in total. The number of hydrogen-bond donors (Lipinski definition) is 1. The number of nitrogens with zero attached hydrogens (tertiary/aromatic N) is 2. The lowest BCUT2D eigenvalue weighted by molar-refractivity contribution is -0.123. The molecule has 2 saturated heterocycles. The zero-order valence-electron chi connectivity index (χ0n) is 21.0. The Morgan fingerprint density at radius 1 is 1.11 bits per heavy atom. The van der Waals surface area contributed by atoms with E-state index in [0.29, 0.717) is 36.8 Å². The molecular formula is C27H36FN3O5. The first-order chi connectivity index (χ1) is 17.2. The van der Waals surface area contributed by atoms with Crippen molar-refractivity contribution >= 4 is 17.9 Å². The zero-order chi connectivity index (χ0) is 25.3. The van der Waals surface area contributed by atoms with E-state index in [1.807, 2.05) is 11.8 Å². The molecule has 8 nitrogen and oxygen atoms in total. The van der Waals surface area contributed by atoms with E-state index in [1.165, 1.54) is 29.9 Å². The Morgan fingerprint density at radius 2 is 1.86 bits per heavy atom. The second-order valence-corrected chi connectivity index (χ2v) is 11.3. The zero-order valence-corrected chi connectivity index (χ0v) is 21.0. The van der Waals surface area contributed by atoms with Gasteiger partial charge in [-0.05, 0) is 81.8 Å². The summed E-state index contributed by atoms with van der Waals surface area (Å²) in [5.74, 6) is -0.264. The Morgan fingerprint density at radius 3 is 2.53 bits per heavy atom. The maximum absolute atomic E-state index is 14.6. The van der Waals surface area contributed by atoms with Crippen LogP contribution in [-0.4, -0.2) is 72.6 Å². The summed E-state index contributed by atoms with van der Waals surface area (Å²) in [6.45, 7) is 4.78. The summed E-state index contributed by atoms with van der Waals surface area (Å²) in [5.41, 5.74) is 0.123. The van der Waals surface area contributed by atoms with Crippen molar-refractivity contribution in [1.29, 1.82) is 0 Å². The van der Waals surface area contributed by atoms with Gasteiger partial charge in [0.1, 0.15) is 17.2 Å². The number of carbonyl (C=O) groups is 3. The molecule has 2 saturated carbocycles. The third kappa shape index (κ3) is 5.60. The fraction of sp³-hybridized carbons (Fsp3) is 0.667. The molecule has 5 rings (SSSR count). The van der Waals surface area contributed by atoms with Crippen LogP contribution in [0.5, 0.6) is 5.75 Å². The van der Waals surface area contributed by atoms with E-state index in [2.05, 4.69) is 5.32 Å². The normalized spacial score (nSPS) is 22.6. The van der Waals surface area contributed by atoms with E-state index in [9.17, 15) is 18.8 Å². The molecule has 1 aromatic rings. The molecule has 1 spiro atoms. The summed E-state index contributed by atoms with van der Waals surface area (Å²) < 4.78 is 25.9. The number of halogens is 1. The van der Waals surface area contributed by atoms with E-state index >= 15 is 0 Å². The van der Waals surface area contributed by atoms with E-state index < -0.39 is 11.7 Å². The molecule has 0 atom stereocenters. The number of amides is 3. The van der Waals surface area contributed by atoms with Gasteiger partial charge in [0.2, 0.25) is 5.91 Å². The molecule has 0 radical (unpaired) electrons. The number of piperidine rings is 1. The Labute approximate surface area is 211 Å². The highest BCUT2D eigenvalue weighted by molar-refractivity contribution is 5.97. The lowest BCUT2D eigenvalue weighted by atomic mass is 9.56. The molecule has 2 aliphatic heterocycles. The molecule has 196 valence electrons. The van der Waals surface area contributed by atoms with Gasteiger partial charge >= 0.3 is 6.09 Å². The molecule has 0 bridgehead atoms. The van der Waals surface area contributed by atoms with Gasteiger partial charge < -0.3 is 24.6 Å². The average Bonchev–Trinajstić information content (AvgIpc) is 3.57. The summed E-state index contributed by atoms with van der Waals surface area (Å²) in [7, 11) is 0. The number of carbonyl (C=O) groups excluding carboxylic acids is 3. The highest BCUT2D eigenvalue weighted by Gasteiger charge is 2.47. The van der Waals surface area contributed by atoms with Gasteiger partial charge in [0.05, 0.1) is 18.7 Å². The van der Waals surface area contributed by atoms with Gasteiger partial charge in [-0.25, -0.2) is 9.18 Å². The quantitative estimate of drug-likeness (QED) is 0.575. The predicted molar refractivity (Wildman–Crippen MR) is 130 cm³/mol. The lowest BCUT2D eigenvalue weighted by Gasteiger charge is -2.52.